The van der Waals surface area contributed by atoms with Crippen LogP contribution in [0.25, 0.3) is 64.6 Å². The normalized spacial score (nSPS) is 20.2. The summed E-state index contributed by atoms with van der Waals surface area (Å²) in [6.45, 7) is 0. The van der Waals surface area contributed by atoms with Crippen LogP contribution in [0.2, 0.25) is 0 Å². The summed E-state index contributed by atoms with van der Waals surface area (Å²) in [5, 5.41) is 14.1. The molecule has 348 valence electrons. The van der Waals surface area contributed by atoms with Crippen molar-refractivity contribution in [1.82, 2.24) is 29.9 Å². The second-order valence-corrected chi connectivity index (χ2v) is 20.3. The average Bonchev–Trinajstić information content (AvgIpc) is 3.44. The SMILES string of the molecule is c1ccc2cc(C3CC(c4cc5ccccc5cn4)CC(c4cc5ccccc5cn4)CC(c4cc5ccccc5cn4)CC(c4cc5ccccc5cn4)CC(c4cc5ccccc5cn4)C3)ncc2c1. The first-order valence-electron chi connectivity index (χ1n) is 25.7. The summed E-state index contributed by atoms with van der Waals surface area (Å²) in [4.78, 5) is 32.3. The second-order valence-electron chi connectivity index (χ2n) is 20.3. The number of pyridine rings is 6. The summed E-state index contributed by atoms with van der Waals surface area (Å²) in [6.07, 6.45) is 17.6. The molecule has 0 amide bonds. The minimum atomic E-state index is 0.0685. The van der Waals surface area contributed by atoms with E-state index in [0.29, 0.717) is 0 Å². The zero-order chi connectivity index (χ0) is 47.8. The number of fused-ring (bicyclic) bond motifs is 6. The van der Waals surface area contributed by atoms with Gasteiger partial charge in [0.15, 0.2) is 0 Å². The lowest BCUT2D eigenvalue weighted by atomic mass is 9.71. The largest absolute Gasteiger partial charge is 0.260 e. The third kappa shape index (κ3) is 8.94. The van der Waals surface area contributed by atoms with E-state index in [1.54, 1.807) is 0 Å². The Hall–Kier alpha value is -8.22. The van der Waals surface area contributed by atoms with E-state index < -0.39 is 0 Å². The first-order valence-corrected chi connectivity index (χ1v) is 25.7. The summed E-state index contributed by atoms with van der Waals surface area (Å²) in [5.74, 6) is 0.411. The van der Waals surface area contributed by atoms with Crippen LogP contribution in [0.5, 0.6) is 0 Å². The van der Waals surface area contributed by atoms with Crippen molar-refractivity contribution in [2.24, 2.45) is 0 Å². The maximum atomic E-state index is 5.38. The summed E-state index contributed by atoms with van der Waals surface area (Å²) >= 11 is 0. The lowest BCUT2D eigenvalue weighted by Crippen LogP contribution is -2.21. The number of aromatic nitrogens is 6. The van der Waals surface area contributed by atoms with Crippen LogP contribution in [0.4, 0.5) is 0 Å². The van der Waals surface area contributed by atoms with E-state index in [1.165, 1.54) is 32.3 Å². The summed E-state index contributed by atoms with van der Waals surface area (Å²) in [5.41, 5.74) is 6.67. The molecule has 6 aromatic heterocycles. The van der Waals surface area contributed by atoms with Crippen molar-refractivity contribution in [3.8, 4) is 0 Å². The molecule has 12 aromatic rings. The van der Waals surface area contributed by atoms with Crippen molar-refractivity contribution in [3.05, 3.63) is 253 Å². The fraction of sp³-hybridized carbons (Fsp3) is 0.182. The van der Waals surface area contributed by atoms with Crippen molar-refractivity contribution in [3.63, 3.8) is 0 Å². The van der Waals surface area contributed by atoms with Crippen LogP contribution in [-0.4, -0.2) is 29.9 Å². The number of hydrogen-bond donors (Lipinski definition) is 0. The Balaban J connectivity index is 1.04. The number of rotatable bonds is 6. The van der Waals surface area contributed by atoms with Crippen LogP contribution in [0.1, 0.15) is 108 Å². The minimum absolute atomic E-state index is 0.0685. The fourth-order valence-electron chi connectivity index (χ4n) is 12.0. The van der Waals surface area contributed by atoms with Gasteiger partial charge in [0.05, 0.1) is 0 Å². The van der Waals surface area contributed by atoms with Crippen LogP contribution in [-0.2, 0) is 0 Å². The minimum Gasteiger partial charge on any atom is -0.260 e. The molecule has 0 saturated heterocycles. The lowest BCUT2D eigenvalue weighted by Gasteiger charge is -2.34. The molecule has 72 heavy (non-hydrogen) atoms. The molecule has 0 atom stereocenters. The Labute approximate surface area is 419 Å². The van der Waals surface area contributed by atoms with E-state index in [-0.39, 0.29) is 35.5 Å². The van der Waals surface area contributed by atoms with Gasteiger partial charge < -0.3 is 0 Å². The lowest BCUT2D eigenvalue weighted by molar-refractivity contribution is 0.339. The standard InChI is InChI=1S/C66H54N6/c1-7-19-49-37-67-61(31-43(49)13-1)55-25-56(62-32-44-14-2-8-20-50(44)38-68-62)27-58(64-34-46-16-4-10-22-52(46)40-70-64)29-60(66-36-48-18-6-12-24-54(48)42-72-66)30-59(65-35-47-17-5-11-23-53(47)41-71-65)28-57(26-55)63-33-45-15-3-9-21-51(45)39-69-63/h1-24,31-42,55-60H,25-30H2. The van der Waals surface area contributed by atoms with E-state index in [0.717, 1.165) is 105 Å². The molecule has 6 nitrogen and oxygen atoms in total. The molecule has 0 radical (unpaired) electrons. The van der Waals surface area contributed by atoms with Crippen molar-refractivity contribution in [2.75, 3.05) is 0 Å². The van der Waals surface area contributed by atoms with Gasteiger partial charge in [0.25, 0.3) is 0 Å². The highest BCUT2D eigenvalue weighted by atomic mass is 14.7. The molecule has 6 heteroatoms. The third-order valence-corrected chi connectivity index (χ3v) is 15.8. The van der Waals surface area contributed by atoms with Crippen molar-refractivity contribution >= 4 is 64.6 Å². The number of benzene rings is 6. The molecule has 1 aliphatic rings. The van der Waals surface area contributed by atoms with Crippen LogP contribution in [0.15, 0.2) is 219 Å². The molecule has 6 aromatic carbocycles. The molecular weight excluding hydrogens is 877 g/mol. The zero-order valence-corrected chi connectivity index (χ0v) is 40.2. The third-order valence-electron chi connectivity index (χ3n) is 15.8. The maximum Gasteiger partial charge on any atom is 0.0441 e. The Bertz CT molecular complexity index is 3250. The van der Waals surface area contributed by atoms with E-state index in [4.69, 9.17) is 29.9 Å². The van der Waals surface area contributed by atoms with Gasteiger partial charge >= 0.3 is 0 Å². The monoisotopic (exact) mass is 930 g/mol. The van der Waals surface area contributed by atoms with E-state index >= 15 is 0 Å². The molecule has 1 fully saturated rings. The van der Waals surface area contributed by atoms with Gasteiger partial charge in [-0.15, -0.1) is 0 Å². The van der Waals surface area contributed by atoms with Crippen LogP contribution < -0.4 is 0 Å². The quantitative estimate of drug-likeness (QED) is 0.165. The first kappa shape index (κ1) is 43.8. The Morgan fingerprint density at radius 2 is 0.333 bits per heavy atom. The summed E-state index contributed by atoms with van der Waals surface area (Å²) in [6, 6.07) is 65.9. The molecule has 0 N–H and O–H groups in total. The topological polar surface area (TPSA) is 77.3 Å². The molecule has 0 spiro atoms. The van der Waals surface area contributed by atoms with Gasteiger partial charge in [-0.2, -0.15) is 0 Å². The first-order chi connectivity index (χ1) is 35.6. The Morgan fingerprint density at radius 3 is 0.486 bits per heavy atom. The van der Waals surface area contributed by atoms with Gasteiger partial charge in [0, 0.05) is 139 Å². The van der Waals surface area contributed by atoms with Gasteiger partial charge in [0.2, 0.25) is 0 Å². The van der Waals surface area contributed by atoms with E-state index in [2.05, 4.69) is 219 Å². The Morgan fingerprint density at radius 1 is 0.194 bits per heavy atom. The second kappa shape index (κ2) is 19.2. The van der Waals surface area contributed by atoms with Gasteiger partial charge in [0.1, 0.15) is 0 Å². The highest BCUT2D eigenvalue weighted by molar-refractivity contribution is 5.85. The molecule has 1 saturated carbocycles. The molecule has 0 bridgehead atoms. The van der Waals surface area contributed by atoms with Crippen LogP contribution >= 0.6 is 0 Å². The number of nitrogens with zero attached hydrogens (tertiary/aromatic N) is 6. The molecule has 6 heterocycles. The highest BCUT2D eigenvalue weighted by Gasteiger charge is 2.35. The Kier molecular flexibility index (Phi) is 11.7. The molecule has 0 unspecified atom stereocenters. The fourth-order valence-corrected chi connectivity index (χ4v) is 12.0. The van der Waals surface area contributed by atoms with Crippen molar-refractivity contribution in [2.45, 2.75) is 74.0 Å². The maximum absolute atomic E-state index is 5.38. The number of hydrogen-bond acceptors (Lipinski definition) is 6. The van der Waals surface area contributed by atoms with E-state index in [1.807, 2.05) is 0 Å². The van der Waals surface area contributed by atoms with Crippen molar-refractivity contribution in [1.29, 1.82) is 0 Å². The summed E-state index contributed by atoms with van der Waals surface area (Å²) < 4.78 is 0. The van der Waals surface area contributed by atoms with Gasteiger partial charge in [-0.25, -0.2) is 0 Å². The molecule has 13 rings (SSSR count). The molecule has 0 aliphatic heterocycles. The predicted molar refractivity (Wildman–Crippen MR) is 295 cm³/mol. The predicted octanol–water partition coefficient (Wildman–Crippen LogP) is 16.3. The van der Waals surface area contributed by atoms with Gasteiger partial charge in [-0.1, -0.05) is 146 Å². The molecule has 1 aliphatic carbocycles. The molecular formula is C66H54N6. The van der Waals surface area contributed by atoms with E-state index in [9.17, 15) is 0 Å². The highest BCUT2D eigenvalue weighted by Crippen LogP contribution is 2.49. The van der Waals surface area contributed by atoms with Gasteiger partial charge in [-0.05, 0) is 107 Å². The summed E-state index contributed by atoms with van der Waals surface area (Å²) in [7, 11) is 0. The van der Waals surface area contributed by atoms with Crippen LogP contribution in [0.3, 0.4) is 0 Å². The van der Waals surface area contributed by atoms with Crippen LogP contribution in [0, 0.1) is 0 Å². The smallest absolute Gasteiger partial charge is 0.0441 e. The van der Waals surface area contributed by atoms with Gasteiger partial charge in [-0.3, -0.25) is 29.9 Å². The zero-order valence-electron chi connectivity index (χ0n) is 40.2. The average molecular weight is 931 g/mol. The van der Waals surface area contributed by atoms with Crippen molar-refractivity contribution < 1.29 is 0 Å².